The fraction of sp³-hybridized carbons (Fsp3) is 0.286. The van der Waals surface area contributed by atoms with Crippen molar-refractivity contribution in [1.82, 2.24) is 9.97 Å². The Hall–Kier alpha value is -1.46. The van der Waals surface area contributed by atoms with E-state index >= 15 is 0 Å². The average Bonchev–Trinajstić information content (AvgIpc) is 3.08. The summed E-state index contributed by atoms with van der Waals surface area (Å²) in [6.07, 6.45) is 4.87. The van der Waals surface area contributed by atoms with Crippen LogP contribution in [0.1, 0.15) is 29.8 Å². The Bertz CT molecular complexity index is 687. The van der Waals surface area contributed by atoms with Crippen molar-refractivity contribution in [2.24, 2.45) is 0 Å². The number of anilines is 1. The Balaban J connectivity index is 1.86. The van der Waals surface area contributed by atoms with E-state index in [1.807, 2.05) is 12.4 Å². The first-order valence-corrected chi connectivity index (χ1v) is 8.01. The molecule has 0 amide bonds. The van der Waals surface area contributed by atoms with E-state index in [1.54, 1.807) is 22.7 Å². The molecule has 98 valence electrons. The number of hydrogen-bond acceptors (Lipinski definition) is 5. The van der Waals surface area contributed by atoms with Crippen LogP contribution in [0.2, 0.25) is 0 Å². The molecule has 0 aliphatic carbocycles. The molecule has 3 aromatic heterocycles. The summed E-state index contributed by atoms with van der Waals surface area (Å²) in [6, 6.07) is 4.35. The number of thiophene rings is 1. The standard InChI is InChI=1S/C14H15N3S2/c1-3-10-8-16-14(19-10)9(2)17-13-11-5-7-18-12(11)4-6-15-13/h4-9H,3H2,1-2H3,(H,15,17). The molecule has 1 unspecified atom stereocenters. The topological polar surface area (TPSA) is 37.8 Å². The zero-order valence-electron chi connectivity index (χ0n) is 10.9. The summed E-state index contributed by atoms with van der Waals surface area (Å²) in [4.78, 5) is 10.3. The molecule has 0 aromatic carbocycles. The van der Waals surface area contributed by atoms with Gasteiger partial charge in [0.1, 0.15) is 10.8 Å². The van der Waals surface area contributed by atoms with Gasteiger partial charge >= 0.3 is 0 Å². The maximum absolute atomic E-state index is 4.48. The molecule has 1 N–H and O–H groups in total. The quantitative estimate of drug-likeness (QED) is 0.769. The normalized spacial score (nSPS) is 12.7. The third kappa shape index (κ3) is 2.48. The van der Waals surface area contributed by atoms with Gasteiger partial charge in [-0.25, -0.2) is 9.97 Å². The first-order chi connectivity index (χ1) is 9.28. The van der Waals surface area contributed by atoms with Gasteiger partial charge in [-0.3, -0.25) is 0 Å². The fourth-order valence-electron chi connectivity index (χ4n) is 1.96. The van der Waals surface area contributed by atoms with Crippen molar-refractivity contribution >= 4 is 38.6 Å². The van der Waals surface area contributed by atoms with Gasteiger partial charge in [-0.15, -0.1) is 22.7 Å². The molecular weight excluding hydrogens is 274 g/mol. The smallest absolute Gasteiger partial charge is 0.135 e. The molecule has 0 saturated carbocycles. The minimum Gasteiger partial charge on any atom is -0.361 e. The predicted molar refractivity (Wildman–Crippen MR) is 83.1 cm³/mol. The molecule has 0 aliphatic heterocycles. The van der Waals surface area contributed by atoms with Crippen LogP contribution in [0.4, 0.5) is 5.82 Å². The first-order valence-electron chi connectivity index (χ1n) is 6.31. The van der Waals surface area contributed by atoms with Gasteiger partial charge in [0, 0.05) is 27.4 Å². The number of thiazole rings is 1. The summed E-state index contributed by atoms with van der Waals surface area (Å²) >= 11 is 3.51. The summed E-state index contributed by atoms with van der Waals surface area (Å²) in [5, 5.41) is 7.87. The van der Waals surface area contributed by atoms with E-state index in [4.69, 9.17) is 0 Å². The monoisotopic (exact) mass is 289 g/mol. The summed E-state index contributed by atoms with van der Waals surface area (Å²) in [5.41, 5.74) is 0. The molecule has 19 heavy (non-hydrogen) atoms. The third-order valence-electron chi connectivity index (χ3n) is 3.02. The number of aromatic nitrogens is 2. The van der Waals surface area contributed by atoms with Crippen LogP contribution in [0.3, 0.4) is 0 Å². The number of aryl methyl sites for hydroxylation is 1. The van der Waals surface area contributed by atoms with Gasteiger partial charge < -0.3 is 5.32 Å². The lowest BCUT2D eigenvalue weighted by Gasteiger charge is -2.12. The van der Waals surface area contributed by atoms with E-state index in [0.29, 0.717) is 0 Å². The molecule has 0 bridgehead atoms. The molecule has 3 heterocycles. The van der Waals surface area contributed by atoms with E-state index in [1.165, 1.54) is 15.0 Å². The highest BCUT2D eigenvalue weighted by molar-refractivity contribution is 7.17. The summed E-state index contributed by atoms with van der Waals surface area (Å²) in [5.74, 6) is 0.944. The van der Waals surface area contributed by atoms with E-state index in [9.17, 15) is 0 Å². The van der Waals surface area contributed by atoms with Gasteiger partial charge in [0.15, 0.2) is 0 Å². The molecule has 5 heteroatoms. The van der Waals surface area contributed by atoms with Crippen molar-refractivity contribution in [1.29, 1.82) is 0 Å². The summed E-state index contributed by atoms with van der Waals surface area (Å²) in [6.45, 7) is 4.29. The Labute approximate surface area is 120 Å². The molecule has 0 spiro atoms. The van der Waals surface area contributed by atoms with Crippen molar-refractivity contribution in [3.8, 4) is 0 Å². The third-order valence-corrected chi connectivity index (χ3v) is 5.23. The highest BCUT2D eigenvalue weighted by atomic mass is 32.1. The number of pyridine rings is 1. The maximum atomic E-state index is 4.48. The second kappa shape index (κ2) is 5.27. The molecule has 3 nitrogen and oxygen atoms in total. The van der Waals surface area contributed by atoms with Crippen LogP contribution in [0, 0.1) is 0 Å². The van der Waals surface area contributed by atoms with E-state index in [2.05, 4.69) is 46.6 Å². The lowest BCUT2D eigenvalue weighted by atomic mass is 10.3. The lowest BCUT2D eigenvalue weighted by Crippen LogP contribution is -2.07. The zero-order valence-corrected chi connectivity index (χ0v) is 12.5. The number of hydrogen-bond donors (Lipinski definition) is 1. The molecule has 0 aliphatic rings. The van der Waals surface area contributed by atoms with Crippen molar-refractivity contribution in [3.05, 3.63) is 39.8 Å². The molecule has 0 radical (unpaired) electrons. The van der Waals surface area contributed by atoms with Gasteiger partial charge in [0.2, 0.25) is 0 Å². The summed E-state index contributed by atoms with van der Waals surface area (Å²) in [7, 11) is 0. The van der Waals surface area contributed by atoms with Crippen LogP contribution < -0.4 is 5.32 Å². The number of nitrogens with one attached hydrogen (secondary N) is 1. The van der Waals surface area contributed by atoms with Gasteiger partial charge in [0.25, 0.3) is 0 Å². The Morgan fingerprint density at radius 1 is 1.32 bits per heavy atom. The van der Waals surface area contributed by atoms with Crippen LogP contribution in [-0.2, 0) is 6.42 Å². The second-order valence-corrected chi connectivity index (χ2v) is 6.47. The van der Waals surface area contributed by atoms with Crippen LogP contribution in [-0.4, -0.2) is 9.97 Å². The number of nitrogens with zero attached hydrogens (tertiary/aromatic N) is 2. The minimum absolute atomic E-state index is 0.184. The molecule has 0 saturated heterocycles. The Morgan fingerprint density at radius 3 is 3.00 bits per heavy atom. The lowest BCUT2D eigenvalue weighted by molar-refractivity contribution is 0.863. The van der Waals surface area contributed by atoms with Crippen molar-refractivity contribution in [3.63, 3.8) is 0 Å². The predicted octanol–water partition coefficient (Wildman–Crippen LogP) is 4.49. The number of rotatable bonds is 4. The molecule has 3 rings (SSSR count). The van der Waals surface area contributed by atoms with Gasteiger partial charge in [0.05, 0.1) is 6.04 Å². The van der Waals surface area contributed by atoms with E-state index < -0.39 is 0 Å². The van der Waals surface area contributed by atoms with Crippen molar-refractivity contribution in [2.75, 3.05) is 5.32 Å². The van der Waals surface area contributed by atoms with Gasteiger partial charge in [-0.2, -0.15) is 0 Å². The molecule has 1 atom stereocenters. The average molecular weight is 289 g/mol. The molecule has 3 aromatic rings. The van der Waals surface area contributed by atoms with Crippen LogP contribution in [0.25, 0.3) is 10.1 Å². The van der Waals surface area contributed by atoms with Crippen LogP contribution in [0.5, 0.6) is 0 Å². The minimum atomic E-state index is 0.184. The van der Waals surface area contributed by atoms with E-state index in [-0.39, 0.29) is 6.04 Å². The van der Waals surface area contributed by atoms with Crippen LogP contribution >= 0.6 is 22.7 Å². The number of fused-ring (bicyclic) bond motifs is 1. The highest BCUT2D eigenvalue weighted by Crippen LogP contribution is 2.29. The SMILES string of the molecule is CCc1cnc(C(C)Nc2nccc3sccc23)s1. The Morgan fingerprint density at radius 2 is 2.21 bits per heavy atom. The van der Waals surface area contributed by atoms with Gasteiger partial charge in [-0.05, 0) is 30.9 Å². The van der Waals surface area contributed by atoms with E-state index in [0.717, 1.165) is 17.2 Å². The second-order valence-electron chi connectivity index (χ2n) is 4.38. The summed E-state index contributed by atoms with van der Waals surface area (Å²) < 4.78 is 1.26. The maximum Gasteiger partial charge on any atom is 0.135 e. The zero-order chi connectivity index (χ0) is 13.2. The van der Waals surface area contributed by atoms with Crippen LogP contribution in [0.15, 0.2) is 29.9 Å². The first kappa shape index (κ1) is 12.6. The molecule has 0 fully saturated rings. The van der Waals surface area contributed by atoms with Crippen molar-refractivity contribution in [2.45, 2.75) is 26.3 Å². The van der Waals surface area contributed by atoms with Crippen molar-refractivity contribution < 1.29 is 0 Å². The van der Waals surface area contributed by atoms with Gasteiger partial charge in [-0.1, -0.05) is 6.92 Å². The Kier molecular flexibility index (Phi) is 3.48. The fourth-order valence-corrected chi connectivity index (χ4v) is 3.60. The highest BCUT2D eigenvalue weighted by Gasteiger charge is 2.12. The molecular formula is C14H15N3S2. The largest absolute Gasteiger partial charge is 0.361 e.